The summed E-state index contributed by atoms with van der Waals surface area (Å²) in [6.07, 6.45) is 3.81. The van der Waals surface area contributed by atoms with Gasteiger partial charge in [0.1, 0.15) is 16.7 Å². The molecule has 156 valence electrons. The van der Waals surface area contributed by atoms with E-state index in [1.165, 1.54) is 11.3 Å². The van der Waals surface area contributed by atoms with Gasteiger partial charge in [-0.05, 0) is 5.56 Å². The van der Waals surface area contributed by atoms with Crippen LogP contribution in [0, 0.1) is 0 Å². The Balaban J connectivity index is 1.71. The number of nitrogens with zero attached hydrogens (tertiary/aromatic N) is 3. The van der Waals surface area contributed by atoms with Gasteiger partial charge in [-0.15, -0.1) is 11.3 Å². The lowest BCUT2D eigenvalue weighted by Crippen LogP contribution is -2.48. The Kier molecular flexibility index (Phi) is 6.91. The van der Waals surface area contributed by atoms with Crippen LogP contribution in [0.15, 0.2) is 48.1 Å². The second-order valence-electron chi connectivity index (χ2n) is 6.66. The van der Waals surface area contributed by atoms with Gasteiger partial charge in [-0.1, -0.05) is 30.3 Å². The van der Waals surface area contributed by atoms with Crippen molar-refractivity contribution < 1.29 is 14.4 Å². The average Bonchev–Trinajstić information content (AvgIpc) is 3.37. The van der Waals surface area contributed by atoms with Crippen molar-refractivity contribution in [3.8, 4) is 10.6 Å². The van der Waals surface area contributed by atoms with Crippen LogP contribution in [0.2, 0.25) is 0 Å². The third kappa shape index (κ3) is 5.74. The molecule has 9 nitrogen and oxygen atoms in total. The van der Waals surface area contributed by atoms with E-state index in [1.807, 2.05) is 36.5 Å². The predicted molar refractivity (Wildman–Crippen MR) is 113 cm³/mol. The molecular weight excluding hydrogens is 404 g/mol. The largest absolute Gasteiger partial charge is 0.370 e. The number of thiazole rings is 1. The van der Waals surface area contributed by atoms with Gasteiger partial charge in [0.2, 0.25) is 11.8 Å². The number of carbonyl (C=O) groups excluding carboxylic acids is 3. The van der Waals surface area contributed by atoms with Crippen LogP contribution in [0.5, 0.6) is 0 Å². The molecule has 0 aliphatic rings. The lowest BCUT2D eigenvalue weighted by Gasteiger charge is -2.18. The summed E-state index contributed by atoms with van der Waals surface area (Å²) in [5.74, 6) is -1.35. The highest BCUT2D eigenvalue weighted by Crippen LogP contribution is 2.23. The highest BCUT2D eigenvalue weighted by atomic mass is 32.1. The summed E-state index contributed by atoms with van der Waals surface area (Å²) in [6.45, 7) is 0.108. The van der Waals surface area contributed by atoms with E-state index in [0.717, 1.165) is 11.1 Å². The normalized spacial score (nSPS) is 11.6. The summed E-state index contributed by atoms with van der Waals surface area (Å²) in [6, 6.07) is 8.52. The van der Waals surface area contributed by atoms with E-state index in [9.17, 15) is 14.4 Å². The van der Waals surface area contributed by atoms with E-state index >= 15 is 0 Å². The number of benzene rings is 1. The molecular formula is C20H22N6O3S. The van der Waals surface area contributed by atoms with Gasteiger partial charge in [-0.3, -0.25) is 19.1 Å². The Morgan fingerprint density at radius 3 is 2.67 bits per heavy atom. The highest BCUT2D eigenvalue weighted by Gasteiger charge is 2.23. The van der Waals surface area contributed by atoms with Crippen molar-refractivity contribution in [2.75, 3.05) is 6.54 Å². The van der Waals surface area contributed by atoms with E-state index < -0.39 is 23.8 Å². The first kappa shape index (κ1) is 21.2. The number of amides is 3. The molecule has 1 atom stereocenters. The zero-order valence-electron chi connectivity index (χ0n) is 16.4. The predicted octanol–water partition coefficient (Wildman–Crippen LogP) is 0.876. The number of hydrogen-bond acceptors (Lipinski definition) is 6. The van der Waals surface area contributed by atoms with Crippen LogP contribution in [0.1, 0.15) is 22.5 Å². The summed E-state index contributed by atoms with van der Waals surface area (Å²) < 4.78 is 1.66. The molecule has 2 heterocycles. The van der Waals surface area contributed by atoms with E-state index in [2.05, 4.69) is 20.7 Å². The quantitative estimate of drug-likeness (QED) is 0.467. The Morgan fingerprint density at radius 1 is 1.23 bits per heavy atom. The number of carbonyl (C=O) groups is 3. The van der Waals surface area contributed by atoms with Crippen LogP contribution in [0.25, 0.3) is 10.6 Å². The molecule has 0 aliphatic carbocycles. The molecule has 0 saturated heterocycles. The van der Waals surface area contributed by atoms with Crippen LogP contribution in [-0.2, 0) is 23.1 Å². The summed E-state index contributed by atoms with van der Waals surface area (Å²) in [5, 5.41) is 11.8. The topological polar surface area (TPSA) is 132 Å². The number of aryl methyl sites for hydroxylation is 1. The molecule has 0 bridgehead atoms. The maximum atomic E-state index is 12.7. The minimum Gasteiger partial charge on any atom is -0.370 e. The third-order valence-electron chi connectivity index (χ3n) is 4.26. The van der Waals surface area contributed by atoms with Crippen molar-refractivity contribution in [1.82, 2.24) is 25.4 Å². The van der Waals surface area contributed by atoms with Gasteiger partial charge < -0.3 is 16.4 Å². The maximum absolute atomic E-state index is 12.7. The number of aromatic nitrogens is 3. The van der Waals surface area contributed by atoms with Crippen molar-refractivity contribution >= 4 is 29.1 Å². The van der Waals surface area contributed by atoms with Crippen molar-refractivity contribution in [2.24, 2.45) is 12.8 Å². The van der Waals surface area contributed by atoms with Gasteiger partial charge in [-0.25, -0.2) is 4.98 Å². The second-order valence-corrected chi connectivity index (χ2v) is 7.52. The van der Waals surface area contributed by atoms with E-state index in [-0.39, 0.29) is 18.7 Å². The second kappa shape index (κ2) is 9.79. The van der Waals surface area contributed by atoms with Crippen LogP contribution in [0.3, 0.4) is 0 Å². The molecule has 0 fully saturated rings. The standard InChI is InChI=1S/C20H22N6O3S/c1-26-11-14(10-23-26)20-25-16(12-30-20)19(29)24-15(9-13-5-3-2-4-6-13)18(28)22-8-7-17(21)27/h2-6,10-12,15H,7-9H2,1H3,(H2,21,27)(H,22,28)(H,24,29)/t15-/m0/s1. The molecule has 3 aromatic rings. The molecule has 30 heavy (non-hydrogen) atoms. The molecule has 0 radical (unpaired) electrons. The SMILES string of the molecule is Cn1cc(-c2nc(C(=O)N[C@@H](Cc3ccccc3)C(=O)NCCC(N)=O)cs2)cn1. The number of hydrogen-bond donors (Lipinski definition) is 3. The minimum atomic E-state index is -0.823. The Labute approximate surface area is 177 Å². The highest BCUT2D eigenvalue weighted by molar-refractivity contribution is 7.13. The van der Waals surface area contributed by atoms with E-state index in [4.69, 9.17) is 5.73 Å². The molecule has 0 spiro atoms. The lowest BCUT2D eigenvalue weighted by atomic mass is 10.0. The smallest absolute Gasteiger partial charge is 0.271 e. The fraction of sp³-hybridized carbons (Fsp3) is 0.250. The third-order valence-corrected chi connectivity index (χ3v) is 5.16. The molecule has 3 amide bonds. The van der Waals surface area contributed by atoms with Crippen LogP contribution in [-0.4, -0.2) is 45.1 Å². The van der Waals surface area contributed by atoms with Crippen molar-refractivity contribution in [3.05, 3.63) is 59.4 Å². The zero-order chi connectivity index (χ0) is 21.5. The summed E-state index contributed by atoms with van der Waals surface area (Å²) in [7, 11) is 1.80. The van der Waals surface area contributed by atoms with Gasteiger partial charge in [0.05, 0.1) is 6.20 Å². The fourth-order valence-corrected chi connectivity index (χ4v) is 3.54. The summed E-state index contributed by atoms with van der Waals surface area (Å²) in [5.41, 5.74) is 7.04. The monoisotopic (exact) mass is 426 g/mol. The Bertz CT molecular complexity index is 1030. The molecule has 3 rings (SSSR count). The van der Waals surface area contributed by atoms with Crippen LogP contribution < -0.4 is 16.4 Å². The van der Waals surface area contributed by atoms with Gasteiger partial charge in [0.15, 0.2) is 0 Å². The molecule has 0 unspecified atom stereocenters. The van der Waals surface area contributed by atoms with Gasteiger partial charge in [0, 0.05) is 43.6 Å². The first-order chi connectivity index (χ1) is 14.4. The van der Waals surface area contributed by atoms with E-state index in [1.54, 1.807) is 23.3 Å². The fourth-order valence-electron chi connectivity index (χ4n) is 2.77. The first-order valence-electron chi connectivity index (χ1n) is 9.27. The van der Waals surface area contributed by atoms with Crippen LogP contribution in [0.4, 0.5) is 0 Å². The number of primary amides is 1. The average molecular weight is 427 g/mol. The summed E-state index contributed by atoms with van der Waals surface area (Å²) in [4.78, 5) is 40.6. The Hall–Kier alpha value is -3.53. The zero-order valence-corrected chi connectivity index (χ0v) is 17.2. The van der Waals surface area contributed by atoms with Crippen molar-refractivity contribution in [3.63, 3.8) is 0 Å². The Morgan fingerprint density at radius 2 is 2.00 bits per heavy atom. The number of nitrogens with two attached hydrogens (primary N) is 1. The van der Waals surface area contributed by atoms with Crippen molar-refractivity contribution in [2.45, 2.75) is 18.9 Å². The van der Waals surface area contributed by atoms with Gasteiger partial charge in [-0.2, -0.15) is 5.10 Å². The molecule has 0 aliphatic heterocycles. The van der Waals surface area contributed by atoms with Gasteiger partial charge >= 0.3 is 0 Å². The number of nitrogens with one attached hydrogen (secondary N) is 2. The van der Waals surface area contributed by atoms with Gasteiger partial charge in [0.25, 0.3) is 5.91 Å². The number of rotatable bonds is 9. The molecule has 2 aromatic heterocycles. The summed E-state index contributed by atoms with van der Waals surface area (Å²) >= 11 is 1.32. The maximum Gasteiger partial charge on any atom is 0.271 e. The molecule has 4 N–H and O–H groups in total. The minimum absolute atomic E-state index is 0.0261. The van der Waals surface area contributed by atoms with Crippen molar-refractivity contribution in [1.29, 1.82) is 0 Å². The first-order valence-corrected chi connectivity index (χ1v) is 10.2. The molecule has 1 aromatic carbocycles. The van der Waals surface area contributed by atoms with Crippen LogP contribution >= 0.6 is 11.3 Å². The lowest BCUT2D eigenvalue weighted by molar-refractivity contribution is -0.123. The van der Waals surface area contributed by atoms with E-state index in [0.29, 0.717) is 11.4 Å². The molecule has 0 saturated carbocycles. The molecule has 10 heteroatoms.